The summed E-state index contributed by atoms with van der Waals surface area (Å²) in [6.45, 7) is 10.7. The SMILES string of the molecule is CCCNC(=O)[C@H](CC)N(Cc1ccc(F)cc1)C(=O)COc1ccc(C(C)(C)C)cc1Br. The summed E-state index contributed by atoms with van der Waals surface area (Å²) in [6.07, 6.45) is 1.25. The molecule has 1 atom stereocenters. The van der Waals surface area contributed by atoms with Gasteiger partial charge in [0.15, 0.2) is 6.61 Å². The third kappa shape index (κ3) is 7.84. The Morgan fingerprint density at radius 2 is 1.79 bits per heavy atom. The Bertz CT molecular complexity index is 942. The van der Waals surface area contributed by atoms with Gasteiger partial charge in [-0.15, -0.1) is 0 Å². The molecule has 0 unspecified atom stereocenters. The largest absolute Gasteiger partial charge is 0.483 e. The van der Waals surface area contributed by atoms with Gasteiger partial charge in [-0.25, -0.2) is 4.39 Å². The summed E-state index contributed by atoms with van der Waals surface area (Å²) >= 11 is 3.53. The number of ether oxygens (including phenoxy) is 1. The molecule has 0 fully saturated rings. The molecule has 0 aromatic heterocycles. The Morgan fingerprint density at radius 1 is 1.12 bits per heavy atom. The third-order valence-corrected chi connectivity index (χ3v) is 5.97. The molecule has 5 nitrogen and oxygen atoms in total. The fraction of sp³-hybridized carbons (Fsp3) is 0.462. The van der Waals surface area contributed by atoms with Crippen molar-refractivity contribution in [2.75, 3.05) is 13.2 Å². The van der Waals surface area contributed by atoms with Crippen molar-refractivity contribution >= 4 is 27.7 Å². The molecule has 2 aromatic rings. The van der Waals surface area contributed by atoms with Crippen LogP contribution in [-0.4, -0.2) is 35.9 Å². The van der Waals surface area contributed by atoms with Crippen LogP contribution in [0, 0.1) is 5.82 Å². The molecule has 0 spiro atoms. The van der Waals surface area contributed by atoms with E-state index in [1.807, 2.05) is 32.0 Å². The molecule has 7 heteroatoms. The van der Waals surface area contributed by atoms with E-state index < -0.39 is 6.04 Å². The Morgan fingerprint density at radius 3 is 2.33 bits per heavy atom. The van der Waals surface area contributed by atoms with Gasteiger partial charge in [0.25, 0.3) is 5.91 Å². The molecule has 0 saturated heterocycles. The first kappa shape index (κ1) is 26.8. The van der Waals surface area contributed by atoms with Gasteiger partial charge >= 0.3 is 0 Å². The summed E-state index contributed by atoms with van der Waals surface area (Å²) in [5.41, 5.74) is 1.87. The number of nitrogens with zero attached hydrogens (tertiary/aromatic N) is 1. The Labute approximate surface area is 204 Å². The van der Waals surface area contributed by atoms with E-state index in [2.05, 4.69) is 42.0 Å². The number of carbonyl (C=O) groups excluding carboxylic acids is 2. The van der Waals surface area contributed by atoms with Gasteiger partial charge in [-0.2, -0.15) is 0 Å². The first-order valence-electron chi connectivity index (χ1n) is 11.3. The summed E-state index contributed by atoms with van der Waals surface area (Å²) in [6, 6.07) is 11.1. The van der Waals surface area contributed by atoms with Gasteiger partial charge in [-0.3, -0.25) is 9.59 Å². The standard InChI is InChI=1S/C26H34BrFN2O3/c1-6-14-29-25(32)22(7-2)30(16-18-8-11-20(28)12-9-18)24(31)17-33-23-13-10-19(15-21(23)27)26(3,4)5/h8-13,15,22H,6-7,14,16-17H2,1-5H3,(H,29,32)/t22-/m0/s1. The number of benzene rings is 2. The molecule has 0 aliphatic heterocycles. The summed E-state index contributed by atoms with van der Waals surface area (Å²) in [4.78, 5) is 27.5. The predicted molar refractivity (Wildman–Crippen MR) is 133 cm³/mol. The maximum Gasteiger partial charge on any atom is 0.261 e. The minimum Gasteiger partial charge on any atom is -0.483 e. The molecule has 0 heterocycles. The molecule has 2 rings (SSSR count). The van der Waals surface area contributed by atoms with Crippen LogP contribution in [0.5, 0.6) is 5.75 Å². The van der Waals surface area contributed by atoms with Gasteiger partial charge < -0.3 is 15.0 Å². The van der Waals surface area contributed by atoms with Crippen molar-refractivity contribution in [1.82, 2.24) is 10.2 Å². The zero-order valence-electron chi connectivity index (χ0n) is 20.1. The second-order valence-corrected chi connectivity index (χ2v) is 9.90. The van der Waals surface area contributed by atoms with Gasteiger partial charge in [0.2, 0.25) is 5.91 Å². The number of hydrogen-bond acceptors (Lipinski definition) is 3. The molecule has 33 heavy (non-hydrogen) atoms. The lowest BCUT2D eigenvalue weighted by Crippen LogP contribution is -2.50. The molecule has 2 aromatic carbocycles. The molecule has 0 aliphatic rings. The molecular formula is C26H34BrFN2O3. The van der Waals surface area contributed by atoms with E-state index in [0.29, 0.717) is 18.7 Å². The van der Waals surface area contributed by atoms with Crippen LogP contribution in [-0.2, 0) is 21.5 Å². The number of halogens is 2. The smallest absolute Gasteiger partial charge is 0.261 e. The van der Waals surface area contributed by atoms with Crippen LogP contribution in [0.1, 0.15) is 58.6 Å². The summed E-state index contributed by atoms with van der Waals surface area (Å²) in [5.74, 6) is -0.312. The van der Waals surface area contributed by atoms with Crippen molar-refractivity contribution in [2.45, 2.75) is 65.5 Å². The van der Waals surface area contributed by atoms with Crippen molar-refractivity contribution in [3.63, 3.8) is 0 Å². The predicted octanol–water partition coefficient (Wildman–Crippen LogP) is 5.60. The fourth-order valence-corrected chi connectivity index (χ4v) is 3.87. The van der Waals surface area contributed by atoms with E-state index in [0.717, 1.165) is 22.0 Å². The van der Waals surface area contributed by atoms with Crippen molar-refractivity contribution < 1.29 is 18.7 Å². The highest BCUT2D eigenvalue weighted by Crippen LogP contribution is 2.31. The van der Waals surface area contributed by atoms with E-state index in [1.165, 1.54) is 17.0 Å². The average Bonchev–Trinajstić information content (AvgIpc) is 2.77. The monoisotopic (exact) mass is 520 g/mol. The maximum absolute atomic E-state index is 13.4. The van der Waals surface area contributed by atoms with Crippen LogP contribution < -0.4 is 10.1 Å². The summed E-state index contributed by atoms with van der Waals surface area (Å²) in [7, 11) is 0. The van der Waals surface area contributed by atoms with E-state index >= 15 is 0 Å². The first-order valence-corrected chi connectivity index (χ1v) is 12.1. The van der Waals surface area contributed by atoms with Gasteiger partial charge in [-0.1, -0.05) is 52.8 Å². The summed E-state index contributed by atoms with van der Waals surface area (Å²) < 4.78 is 19.9. The number of hydrogen-bond donors (Lipinski definition) is 1. The quantitative estimate of drug-likeness (QED) is 0.443. The van der Waals surface area contributed by atoms with Crippen LogP contribution in [0.3, 0.4) is 0 Å². The van der Waals surface area contributed by atoms with Gasteiger partial charge in [-0.05, 0) is 69.6 Å². The summed E-state index contributed by atoms with van der Waals surface area (Å²) in [5, 5.41) is 2.88. The third-order valence-electron chi connectivity index (χ3n) is 5.35. The number of carbonyl (C=O) groups is 2. The zero-order valence-corrected chi connectivity index (χ0v) is 21.7. The van der Waals surface area contributed by atoms with E-state index in [4.69, 9.17) is 4.74 Å². The molecular weight excluding hydrogens is 487 g/mol. The van der Waals surface area contributed by atoms with Crippen molar-refractivity contribution in [2.24, 2.45) is 0 Å². The van der Waals surface area contributed by atoms with Crippen molar-refractivity contribution in [1.29, 1.82) is 0 Å². The Hall–Kier alpha value is -2.41. The lowest BCUT2D eigenvalue weighted by Gasteiger charge is -2.30. The maximum atomic E-state index is 13.4. The van der Waals surface area contributed by atoms with Gasteiger partial charge in [0.05, 0.1) is 4.47 Å². The van der Waals surface area contributed by atoms with Gasteiger partial charge in [0, 0.05) is 13.1 Å². The first-order chi connectivity index (χ1) is 15.6. The van der Waals surface area contributed by atoms with E-state index in [1.54, 1.807) is 12.1 Å². The minimum absolute atomic E-state index is 0.0109. The van der Waals surface area contributed by atoms with Crippen LogP contribution in [0.15, 0.2) is 46.9 Å². The lowest BCUT2D eigenvalue weighted by molar-refractivity contribution is -0.143. The zero-order chi connectivity index (χ0) is 24.6. The molecule has 0 radical (unpaired) electrons. The normalized spacial score (nSPS) is 12.2. The van der Waals surface area contributed by atoms with Crippen LogP contribution >= 0.6 is 15.9 Å². The highest BCUT2D eigenvalue weighted by molar-refractivity contribution is 9.10. The number of nitrogens with one attached hydrogen (secondary N) is 1. The minimum atomic E-state index is -0.649. The molecule has 180 valence electrons. The van der Waals surface area contributed by atoms with Crippen molar-refractivity contribution in [3.8, 4) is 5.75 Å². The van der Waals surface area contributed by atoms with Crippen molar-refractivity contribution in [3.05, 3.63) is 63.9 Å². The molecule has 1 N–H and O–H groups in total. The molecule has 0 aliphatic carbocycles. The molecule has 0 saturated carbocycles. The Balaban J connectivity index is 2.21. The average molecular weight is 521 g/mol. The highest BCUT2D eigenvalue weighted by atomic mass is 79.9. The number of amides is 2. The van der Waals surface area contributed by atoms with Gasteiger partial charge in [0.1, 0.15) is 17.6 Å². The van der Waals surface area contributed by atoms with Crippen LogP contribution in [0.4, 0.5) is 4.39 Å². The lowest BCUT2D eigenvalue weighted by atomic mass is 9.87. The van der Waals surface area contributed by atoms with E-state index in [9.17, 15) is 14.0 Å². The molecule has 2 amide bonds. The number of rotatable bonds is 10. The fourth-order valence-electron chi connectivity index (χ4n) is 3.38. The second-order valence-electron chi connectivity index (χ2n) is 9.05. The highest BCUT2D eigenvalue weighted by Gasteiger charge is 2.29. The van der Waals surface area contributed by atoms with Crippen LogP contribution in [0.2, 0.25) is 0 Å². The van der Waals surface area contributed by atoms with Crippen LogP contribution in [0.25, 0.3) is 0 Å². The van der Waals surface area contributed by atoms with E-state index in [-0.39, 0.29) is 36.2 Å². The second kappa shape index (κ2) is 12.2. The Kier molecular flexibility index (Phi) is 9.89. The molecule has 0 bridgehead atoms. The topological polar surface area (TPSA) is 58.6 Å².